The van der Waals surface area contributed by atoms with Gasteiger partial charge in [0.15, 0.2) is 11.9 Å². The molecule has 1 atom stereocenters. The molecule has 1 unspecified atom stereocenters. The molecule has 1 aliphatic heterocycles. The van der Waals surface area contributed by atoms with Gasteiger partial charge in [0.05, 0.1) is 12.8 Å². The number of carbonyl (C=O) groups is 2. The Hall–Kier alpha value is -2.24. The van der Waals surface area contributed by atoms with E-state index >= 15 is 0 Å². The summed E-state index contributed by atoms with van der Waals surface area (Å²) >= 11 is 0. The average Bonchev–Trinajstić information content (AvgIpc) is 3.00. The van der Waals surface area contributed by atoms with Gasteiger partial charge in [-0.2, -0.15) is 0 Å². The van der Waals surface area contributed by atoms with Crippen molar-refractivity contribution < 1.29 is 19.1 Å². The smallest absolute Gasteiger partial charge is 0.342 e. The number of nitrogens with two attached hydrogens (primary N) is 1. The number of likely N-dealkylation sites (tertiary alicyclic amines) is 1. The first-order valence-corrected chi connectivity index (χ1v) is 6.97. The van der Waals surface area contributed by atoms with E-state index in [-0.39, 0.29) is 17.2 Å². The lowest BCUT2D eigenvalue weighted by atomic mass is 10.1. The minimum atomic E-state index is -0.818. The molecular weight excluding hydrogens is 272 g/mol. The number of esters is 1. The van der Waals surface area contributed by atoms with Crippen molar-refractivity contribution >= 4 is 17.6 Å². The molecule has 1 aromatic rings. The van der Waals surface area contributed by atoms with Crippen molar-refractivity contribution in [2.45, 2.75) is 25.9 Å². The molecule has 2 rings (SSSR count). The molecule has 0 bridgehead atoms. The Kier molecular flexibility index (Phi) is 4.67. The lowest BCUT2D eigenvalue weighted by Crippen LogP contribution is -2.38. The highest BCUT2D eigenvalue weighted by Gasteiger charge is 2.27. The third kappa shape index (κ3) is 3.26. The first kappa shape index (κ1) is 15.2. The van der Waals surface area contributed by atoms with Crippen LogP contribution in [0.15, 0.2) is 18.2 Å². The van der Waals surface area contributed by atoms with E-state index in [1.54, 1.807) is 30.0 Å². The van der Waals surface area contributed by atoms with Gasteiger partial charge in [-0.25, -0.2) is 4.79 Å². The van der Waals surface area contributed by atoms with E-state index in [0.29, 0.717) is 5.69 Å². The second-order valence-electron chi connectivity index (χ2n) is 5.01. The number of hydrogen-bond donors (Lipinski definition) is 1. The maximum absolute atomic E-state index is 12.2. The molecule has 21 heavy (non-hydrogen) atoms. The maximum Gasteiger partial charge on any atom is 0.342 e. The quantitative estimate of drug-likeness (QED) is 0.671. The molecule has 2 N–H and O–H groups in total. The van der Waals surface area contributed by atoms with Crippen molar-refractivity contribution in [3.8, 4) is 5.75 Å². The number of para-hydroxylation sites is 1. The predicted molar refractivity (Wildman–Crippen MR) is 78.1 cm³/mol. The highest BCUT2D eigenvalue weighted by atomic mass is 16.5. The fourth-order valence-electron chi connectivity index (χ4n) is 2.41. The normalized spacial score (nSPS) is 15.6. The van der Waals surface area contributed by atoms with Gasteiger partial charge in [0.1, 0.15) is 5.56 Å². The number of nitrogen functional groups attached to an aromatic ring is 1. The van der Waals surface area contributed by atoms with Crippen LogP contribution in [0.5, 0.6) is 5.75 Å². The van der Waals surface area contributed by atoms with Gasteiger partial charge in [0, 0.05) is 13.1 Å². The number of anilines is 1. The Balaban J connectivity index is 2.07. The fraction of sp³-hybridized carbons (Fsp3) is 0.467. The third-order valence-corrected chi connectivity index (χ3v) is 3.52. The predicted octanol–water partition coefficient (Wildman–Crippen LogP) is 1.45. The number of amides is 1. The van der Waals surface area contributed by atoms with E-state index in [4.69, 9.17) is 15.2 Å². The number of ether oxygens (including phenoxy) is 2. The Labute approximate surface area is 123 Å². The molecule has 1 aromatic carbocycles. The fourth-order valence-corrected chi connectivity index (χ4v) is 2.41. The topological polar surface area (TPSA) is 81.9 Å². The van der Waals surface area contributed by atoms with Crippen LogP contribution in [0.25, 0.3) is 0 Å². The van der Waals surface area contributed by atoms with Crippen molar-refractivity contribution in [3.05, 3.63) is 23.8 Å². The van der Waals surface area contributed by atoms with Crippen LogP contribution in [0.3, 0.4) is 0 Å². The molecule has 114 valence electrons. The van der Waals surface area contributed by atoms with Crippen molar-refractivity contribution in [1.82, 2.24) is 4.90 Å². The molecule has 1 fully saturated rings. The Morgan fingerprint density at radius 3 is 2.57 bits per heavy atom. The zero-order chi connectivity index (χ0) is 15.4. The minimum Gasteiger partial charge on any atom is -0.494 e. The van der Waals surface area contributed by atoms with E-state index in [2.05, 4.69) is 0 Å². The summed E-state index contributed by atoms with van der Waals surface area (Å²) in [6, 6.07) is 4.83. The summed E-state index contributed by atoms with van der Waals surface area (Å²) in [5.74, 6) is -0.508. The van der Waals surface area contributed by atoms with Crippen LogP contribution >= 0.6 is 0 Å². The molecular formula is C15H20N2O4. The number of methoxy groups -OCH3 is 1. The number of nitrogens with zero attached hydrogens (tertiary/aromatic N) is 1. The number of carbonyl (C=O) groups excluding carboxylic acids is 2. The number of rotatable bonds is 4. The van der Waals surface area contributed by atoms with Crippen LogP contribution in [0, 0.1) is 0 Å². The van der Waals surface area contributed by atoms with E-state index in [1.165, 1.54) is 7.11 Å². The molecule has 6 heteroatoms. The highest BCUT2D eigenvalue weighted by molar-refractivity contribution is 5.96. The molecule has 0 radical (unpaired) electrons. The lowest BCUT2D eigenvalue weighted by molar-refractivity contribution is -0.138. The van der Waals surface area contributed by atoms with Crippen molar-refractivity contribution in [1.29, 1.82) is 0 Å². The summed E-state index contributed by atoms with van der Waals surface area (Å²) in [7, 11) is 1.43. The highest BCUT2D eigenvalue weighted by Crippen LogP contribution is 2.26. The summed E-state index contributed by atoms with van der Waals surface area (Å²) in [5, 5.41) is 0. The molecule has 1 saturated heterocycles. The Morgan fingerprint density at radius 1 is 1.29 bits per heavy atom. The monoisotopic (exact) mass is 292 g/mol. The van der Waals surface area contributed by atoms with Crippen LogP contribution in [-0.4, -0.2) is 43.1 Å². The average molecular weight is 292 g/mol. The molecule has 1 aliphatic rings. The van der Waals surface area contributed by atoms with Crippen LogP contribution in [-0.2, 0) is 9.53 Å². The van der Waals surface area contributed by atoms with E-state index in [0.717, 1.165) is 25.9 Å². The number of benzene rings is 1. The van der Waals surface area contributed by atoms with Crippen LogP contribution in [0.2, 0.25) is 0 Å². The van der Waals surface area contributed by atoms with Crippen molar-refractivity contribution in [2.24, 2.45) is 0 Å². The summed E-state index contributed by atoms with van der Waals surface area (Å²) in [6.45, 7) is 3.03. The largest absolute Gasteiger partial charge is 0.494 e. The van der Waals surface area contributed by atoms with E-state index < -0.39 is 12.1 Å². The standard InChI is InChI=1S/C15H20N2O4/c1-10(14(18)17-8-3-4-9-17)21-15(19)11-6-5-7-12(16)13(11)20-2/h5-7,10H,3-4,8-9,16H2,1-2H3. The van der Waals surface area contributed by atoms with Crippen molar-refractivity contribution in [2.75, 3.05) is 25.9 Å². The number of hydrogen-bond acceptors (Lipinski definition) is 5. The lowest BCUT2D eigenvalue weighted by Gasteiger charge is -2.20. The molecule has 0 aromatic heterocycles. The minimum absolute atomic E-state index is 0.163. The first-order valence-electron chi connectivity index (χ1n) is 6.97. The molecule has 1 amide bonds. The summed E-state index contributed by atoms with van der Waals surface area (Å²) in [6.07, 6.45) is 1.17. The Morgan fingerprint density at radius 2 is 1.95 bits per heavy atom. The zero-order valence-electron chi connectivity index (χ0n) is 12.3. The van der Waals surface area contributed by atoms with Gasteiger partial charge < -0.3 is 20.1 Å². The molecule has 0 aliphatic carbocycles. The third-order valence-electron chi connectivity index (χ3n) is 3.52. The summed E-state index contributed by atoms with van der Waals surface area (Å²) < 4.78 is 10.4. The SMILES string of the molecule is COc1c(N)cccc1C(=O)OC(C)C(=O)N1CCCC1. The van der Waals surface area contributed by atoms with Crippen molar-refractivity contribution in [3.63, 3.8) is 0 Å². The van der Waals surface area contributed by atoms with Gasteiger partial charge >= 0.3 is 5.97 Å². The van der Waals surface area contributed by atoms with Crippen LogP contribution in [0.4, 0.5) is 5.69 Å². The summed E-state index contributed by atoms with van der Waals surface area (Å²) in [4.78, 5) is 26.0. The molecule has 1 heterocycles. The molecule has 0 saturated carbocycles. The maximum atomic E-state index is 12.2. The van der Waals surface area contributed by atoms with E-state index in [9.17, 15) is 9.59 Å². The second-order valence-corrected chi connectivity index (χ2v) is 5.01. The van der Waals surface area contributed by atoms with Crippen LogP contribution < -0.4 is 10.5 Å². The zero-order valence-corrected chi connectivity index (χ0v) is 12.3. The van der Waals surface area contributed by atoms with Crippen LogP contribution in [0.1, 0.15) is 30.1 Å². The van der Waals surface area contributed by atoms with Gasteiger partial charge in [-0.05, 0) is 31.9 Å². The molecule has 6 nitrogen and oxygen atoms in total. The van der Waals surface area contributed by atoms with E-state index in [1.807, 2.05) is 0 Å². The molecule has 0 spiro atoms. The van der Waals surface area contributed by atoms with Gasteiger partial charge in [0.2, 0.25) is 0 Å². The Bertz CT molecular complexity index is 538. The van der Waals surface area contributed by atoms with Gasteiger partial charge in [-0.1, -0.05) is 6.07 Å². The van der Waals surface area contributed by atoms with Gasteiger partial charge in [-0.3, -0.25) is 4.79 Å². The summed E-state index contributed by atoms with van der Waals surface area (Å²) in [5.41, 5.74) is 6.33. The second kappa shape index (κ2) is 6.47. The van der Waals surface area contributed by atoms with Gasteiger partial charge in [0.25, 0.3) is 5.91 Å². The first-order chi connectivity index (χ1) is 10.0. The van der Waals surface area contributed by atoms with Gasteiger partial charge in [-0.15, -0.1) is 0 Å².